The molecule has 1 aromatic rings. The van der Waals surface area contributed by atoms with Crippen LogP contribution in [0.1, 0.15) is 10.4 Å². The quantitative estimate of drug-likeness (QED) is 0.365. The fourth-order valence-corrected chi connectivity index (χ4v) is 1.11. The number of esters is 1. The predicted molar refractivity (Wildman–Crippen MR) is 61.7 cm³/mol. The lowest BCUT2D eigenvalue weighted by Gasteiger charge is -2.07. The van der Waals surface area contributed by atoms with E-state index in [2.05, 4.69) is 15.3 Å². The van der Waals surface area contributed by atoms with E-state index in [0.717, 1.165) is 13.2 Å². The lowest BCUT2D eigenvalue weighted by Crippen LogP contribution is -2.06. The number of anilines is 1. The molecule has 0 aliphatic heterocycles. The number of phenols is 1. The van der Waals surface area contributed by atoms with Crippen molar-refractivity contribution in [2.24, 2.45) is 5.10 Å². The number of hydrogen-bond donors (Lipinski definition) is 2. The third-order valence-corrected chi connectivity index (χ3v) is 1.99. The number of methoxy groups -OCH3 is 1. The number of aromatic hydroxyl groups is 1. The number of hydrazone groups is 1. The number of nitriles is 2. The standard InChI is InChI=1S/C11H7FN4O3/c1-19-11(18)7-2-9(10(17)3-8(7)12)16-15-6(4-13)5-14/h2-3,16-17H,1H3. The van der Waals surface area contributed by atoms with Gasteiger partial charge in [-0.25, -0.2) is 9.18 Å². The van der Waals surface area contributed by atoms with Gasteiger partial charge in [0.15, 0.2) is 0 Å². The van der Waals surface area contributed by atoms with Crippen LogP contribution >= 0.6 is 0 Å². The highest BCUT2D eigenvalue weighted by molar-refractivity contribution is 6.10. The molecule has 7 nitrogen and oxygen atoms in total. The third kappa shape index (κ3) is 3.17. The molecule has 0 radical (unpaired) electrons. The lowest BCUT2D eigenvalue weighted by atomic mass is 10.2. The zero-order valence-corrected chi connectivity index (χ0v) is 9.64. The van der Waals surface area contributed by atoms with Crippen molar-refractivity contribution in [1.29, 1.82) is 10.5 Å². The molecule has 0 saturated carbocycles. The minimum Gasteiger partial charge on any atom is -0.506 e. The zero-order chi connectivity index (χ0) is 14.4. The van der Waals surface area contributed by atoms with Gasteiger partial charge < -0.3 is 9.84 Å². The summed E-state index contributed by atoms with van der Waals surface area (Å²) in [6, 6.07) is 4.59. The molecule has 0 amide bonds. The van der Waals surface area contributed by atoms with Gasteiger partial charge in [-0.15, -0.1) is 0 Å². The monoisotopic (exact) mass is 262 g/mol. The number of ether oxygens (including phenoxy) is 1. The summed E-state index contributed by atoms with van der Waals surface area (Å²) in [5, 5.41) is 29.7. The van der Waals surface area contributed by atoms with Crippen molar-refractivity contribution >= 4 is 17.4 Å². The van der Waals surface area contributed by atoms with E-state index in [1.54, 1.807) is 0 Å². The Morgan fingerprint density at radius 3 is 2.63 bits per heavy atom. The van der Waals surface area contributed by atoms with Crippen LogP contribution in [0.5, 0.6) is 5.75 Å². The molecule has 0 aromatic heterocycles. The van der Waals surface area contributed by atoms with Crippen LogP contribution in [-0.4, -0.2) is 23.9 Å². The van der Waals surface area contributed by atoms with E-state index in [9.17, 15) is 14.3 Å². The first-order valence-electron chi connectivity index (χ1n) is 4.78. The Morgan fingerprint density at radius 2 is 2.11 bits per heavy atom. The normalized spacial score (nSPS) is 8.84. The van der Waals surface area contributed by atoms with Crippen LogP contribution in [0.3, 0.4) is 0 Å². The van der Waals surface area contributed by atoms with Gasteiger partial charge >= 0.3 is 5.97 Å². The molecule has 0 atom stereocenters. The van der Waals surface area contributed by atoms with Crippen LogP contribution in [0.15, 0.2) is 17.2 Å². The van der Waals surface area contributed by atoms with E-state index in [1.807, 2.05) is 0 Å². The molecule has 1 aromatic carbocycles. The van der Waals surface area contributed by atoms with E-state index < -0.39 is 28.8 Å². The van der Waals surface area contributed by atoms with Crippen LogP contribution in [0.4, 0.5) is 10.1 Å². The van der Waals surface area contributed by atoms with Crippen molar-refractivity contribution in [3.63, 3.8) is 0 Å². The van der Waals surface area contributed by atoms with Crippen molar-refractivity contribution < 1.29 is 19.0 Å². The van der Waals surface area contributed by atoms with Crippen LogP contribution < -0.4 is 5.43 Å². The zero-order valence-electron chi connectivity index (χ0n) is 9.64. The predicted octanol–water partition coefficient (Wildman–Crippen LogP) is 1.13. The molecule has 0 heterocycles. The van der Waals surface area contributed by atoms with Crippen molar-refractivity contribution in [2.75, 3.05) is 12.5 Å². The number of carbonyl (C=O) groups is 1. The molecule has 0 unspecified atom stereocenters. The molecule has 2 N–H and O–H groups in total. The Labute approximate surface area is 107 Å². The van der Waals surface area contributed by atoms with Gasteiger partial charge in [-0.2, -0.15) is 15.6 Å². The van der Waals surface area contributed by atoms with E-state index >= 15 is 0 Å². The van der Waals surface area contributed by atoms with Gasteiger partial charge in [-0.05, 0) is 6.07 Å². The fourth-order valence-electron chi connectivity index (χ4n) is 1.11. The van der Waals surface area contributed by atoms with Gasteiger partial charge in [-0.1, -0.05) is 0 Å². The number of phenolic OH excluding ortho intramolecular Hbond substituents is 1. The highest BCUT2D eigenvalue weighted by atomic mass is 19.1. The molecule has 8 heteroatoms. The molecule has 0 saturated heterocycles. The summed E-state index contributed by atoms with van der Waals surface area (Å²) in [6.45, 7) is 0. The summed E-state index contributed by atoms with van der Waals surface area (Å²) in [7, 11) is 1.07. The Balaban J connectivity index is 3.17. The second-order valence-corrected chi connectivity index (χ2v) is 3.14. The van der Waals surface area contributed by atoms with E-state index in [1.165, 1.54) is 12.1 Å². The van der Waals surface area contributed by atoms with Crippen LogP contribution in [0, 0.1) is 28.5 Å². The van der Waals surface area contributed by atoms with Gasteiger partial charge in [0.1, 0.15) is 23.7 Å². The number of rotatable bonds is 3. The summed E-state index contributed by atoms with van der Waals surface area (Å²) in [6.07, 6.45) is 0. The molecule has 0 aliphatic carbocycles. The second-order valence-electron chi connectivity index (χ2n) is 3.14. The smallest absolute Gasteiger partial charge is 0.340 e. The third-order valence-electron chi connectivity index (χ3n) is 1.99. The topological polar surface area (TPSA) is 118 Å². The van der Waals surface area contributed by atoms with E-state index in [0.29, 0.717) is 6.07 Å². The maximum atomic E-state index is 13.4. The Hall–Kier alpha value is -3.13. The molecule has 96 valence electrons. The summed E-state index contributed by atoms with van der Waals surface area (Å²) in [4.78, 5) is 11.2. The summed E-state index contributed by atoms with van der Waals surface area (Å²) in [5.41, 5.74) is 1.11. The largest absolute Gasteiger partial charge is 0.506 e. The first-order chi connectivity index (χ1) is 9.03. The highest BCUT2D eigenvalue weighted by Gasteiger charge is 2.16. The molecule has 0 aliphatic rings. The number of halogens is 1. The fraction of sp³-hybridized carbons (Fsp3) is 0.0909. The molecular weight excluding hydrogens is 255 g/mol. The highest BCUT2D eigenvalue weighted by Crippen LogP contribution is 2.27. The Kier molecular flexibility index (Phi) is 4.39. The molecular formula is C11H7FN4O3. The van der Waals surface area contributed by atoms with Gasteiger partial charge in [0.05, 0.1) is 18.4 Å². The maximum absolute atomic E-state index is 13.4. The average Bonchev–Trinajstić information content (AvgIpc) is 2.41. The van der Waals surface area contributed by atoms with Gasteiger partial charge in [-0.3, -0.25) is 5.43 Å². The van der Waals surface area contributed by atoms with E-state index in [4.69, 9.17) is 10.5 Å². The maximum Gasteiger partial charge on any atom is 0.340 e. The lowest BCUT2D eigenvalue weighted by molar-refractivity contribution is 0.0595. The van der Waals surface area contributed by atoms with Crippen LogP contribution in [0.2, 0.25) is 0 Å². The molecule has 0 bridgehead atoms. The van der Waals surface area contributed by atoms with Crippen LogP contribution in [-0.2, 0) is 4.74 Å². The second kappa shape index (κ2) is 5.98. The average molecular weight is 262 g/mol. The number of benzene rings is 1. The summed E-state index contributed by atoms with van der Waals surface area (Å²) in [5.74, 6) is -2.45. The van der Waals surface area contributed by atoms with Crippen molar-refractivity contribution in [3.05, 3.63) is 23.5 Å². The van der Waals surface area contributed by atoms with Crippen molar-refractivity contribution in [1.82, 2.24) is 0 Å². The Morgan fingerprint density at radius 1 is 1.47 bits per heavy atom. The summed E-state index contributed by atoms with van der Waals surface area (Å²) >= 11 is 0. The number of nitrogens with one attached hydrogen (secondary N) is 1. The molecule has 0 fully saturated rings. The van der Waals surface area contributed by atoms with Gasteiger partial charge in [0, 0.05) is 6.07 Å². The first-order valence-corrected chi connectivity index (χ1v) is 4.78. The molecule has 0 spiro atoms. The number of carbonyl (C=O) groups excluding carboxylic acids is 1. The van der Waals surface area contributed by atoms with Crippen molar-refractivity contribution in [2.45, 2.75) is 0 Å². The molecule has 19 heavy (non-hydrogen) atoms. The van der Waals surface area contributed by atoms with Gasteiger partial charge in [0.25, 0.3) is 0 Å². The first kappa shape index (κ1) is 13.9. The van der Waals surface area contributed by atoms with Gasteiger partial charge in [0.2, 0.25) is 5.71 Å². The SMILES string of the molecule is COC(=O)c1cc(NN=C(C#N)C#N)c(O)cc1F. The minimum absolute atomic E-state index is 0.148. The number of nitrogens with zero attached hydrogens (tertiary/aromatic N) is 3. The minimum atomic E-state index is -0.973. The Bertz CT molecular complexity index is 612. The number of hydrogen-bond acceptors (Lipinski definition) is 7. The van der Waals surface area contributed by atoms with Crippen LogP contribution in [0.25, 0.3) is 0 Å². The summed E-state index contributed by atoms with van der Waals surface area (Å²) < 4.78 is 17.7. The van der Waals surface area contributed by atoms with Crippen molar-refractivity contribution in [3.8, 4) is 17.9 Å². The molecule has 1 rings (SSSR count). The van der Waals surface area contributed by atoms with E-state index in [-0.39, 0.29) is 5.69 Å².